The molecule has 1 amide bonds. The zero-order chi connectivity index (χ0) is 20.3. The average molecular weight is 380 g/mol. The van der Waals surface area contributed by atoms with Gasteiger partial charge in [-0.3, -0.25) is 4.79 Å². The fourth-order valence-corrected chi connectivity index (χ4v) is 3.20. The van der Waals surface area contributed by atoms with Crippen LogP contribution in [0.15, 0.2) is 48.5 Å². The van der Waals surface area contributed by atoms with Gasteiger partial charge in [0.2, 0.25) is 5.91 Å². The van der Waals surface area contributed by atoms with Crippen molar-refractivity contribution >= 4 is 11.6 Å². The number of hydrogen-bond acceptors (Lipinski definition) is 3. The van der Waals surface area contributed by atoms with E-state index in [1.165, 1.54) is 12.1 Å². The van der Waals surface area contributed by atoms with E-state index in [2.05, 4.69) is 19.2 Å². The maximum atomic E-state index is 13.2. The van der Waals surface area contributed by atoms with Crippen LogP contribution in [0, 0.1) is 12.7 Å². The Morgan fingerprint density at radius 2 is 1.93 bits per heavy atom. The van der Waals surface area contributed by atoms with Gasteiger partial charge < -0.3 is 11.1 Å². The largest absolute Gasteiger partial charge is 0.398 e. The SMILES string of the molecule is Cc1c(CC(=O)NCc2ccc(F)cc2N)c(C(C)C)nn1-c1ccccc1. The third-order valence-corrected chi connectivity index (χ3v) is 4.74. The zero-order valence-corrected chi connectivity index (χ0v) is 16.4. The topological polar surface area (TPSA) is 72.9 Å². The molecule has 0 unspecified atom stereocenters. The minimum atomic E-state index is -0.391. The number of para-hydroxylation sites is 1. The molecule has 0 atom stereocenters. The van der Waals surface area contributed by atoms with Gasteiger partial charge in [0, 0.05) is 23.5 Å². The van der Waals surface area contributed by atoms with Crippen molar-refractivity contribution < 1.29 is 9.18 Å². The number of aromatic nitrogens is 2. The number of nitrogens with one attached hydrogen (secondary N) is 1. The molecule has 1 heterocycles. The molecule has 0 spiro atoms. The Labute approximate surface area is 164 Å². The lowest BCUT2D eigenvalue weighted by Crippen LogP contribution is -2.25. The molecule has 146 valence electrons. The third-order valence-electron chi connectivity index (χ3n) is 4.74. The van der Waals surface area contributed by atoms with Crippen molar-refractivity contribution in [3.05, 3.63) is 76.9 Å². The van der Waals surface area contributed by atoms with Crippen LogP contribution in [-0.2, 0) is 17.8 Å². The molecular formula is C22H25FN4O. The summed E-state index contributed by atoms with van der Waals surface area (Å²) in [4.78, 5) is 12.6. The van der Waals surface area contributed by atoms with Crippen LogP contribution in [0.1, 0.15) is 42.3 Å². The highest BCUT2D eigenvalue weighted by atomic mass is 19.1. The summed E-state index contributed by atoms with van der Waals surface area (Å²) in [6.45, 7) is 6.37. The number of anilines is 1. The van der Waals surface area contributed by atoms with Crippen molar-refractivity contribution in [2.45, 2.75) is 39.7 Å². The smallest absolute Gasteiger partial charge is 0.224 e. The van der Waals surface area contributed by atoms with Crippen molar-refractivity contribution in [2.24, 2.45) is 0 Å². The number of amides is 1. The molecule has 0 aliphatic heterocycles. The molecular weight excluding hydrogens is 355 g/mol. The predicted octanol–water partition coefficient (Wildman–Crippen LogP) is 3.88. The van der Waals surface area contributed by atoms with E-state index >= 15 is 0 Å². The molecule has 0 bridgehead atoms. The summed E-state index contributed by atoms with van der Waals surface area (Å²) < 4.78 is 15.0. The number of carbonyl (C=O) groups is 1. The van der Waals surface area contributed by atoms with Crippen LogP contribution >= 0.6 is 0 Å². The minimum absolute atomic E-state index is 0.124. The number of nitrogen functional groups attached to an aromatic ring is 1. The summed E-state index contributed by atoms with van der Waals surface area (Å²) in [6.07, 6.45) is 0.229. The summed E-state index contributed by atoms with van der Waals surface area (Å²) in [7, 11) is 0. The normalized spacial score (nSPS) is 11.0. The summed E-state index contributed by atoms with van der Waals surface area (Å²) in [5.74, 6) is -0.321. The van der Waals surface area contributed by atoms with Crippen LogP contribution in [-0.4, -0.2) is 15.7 Å². The van der Waals surface area contributed by atoms with Crippen LogP contribution in [0.2, 0.25) is 0 Å². The lowest BCUT2D eigenvalue weighted by Gasteiger charge is -2.10. The second-order valence-corrected chi connectivity index (χ2v) is 7.15. The number of hydrogen-bond donors (Lipinski definition) is 2. The van der Waals surface area contributed by atoms with E-state index in [9.17, 15) is 9.18 Å². The van der Waals surface area contributed by atoms with Gasteiger partial charge in [0.15, 0.2) is 0 Å². The second-order valence-electron chi connectivity index (χ2n) is 7.15. The Hall–Kier alpha value is -3.15. The molecule has 3 aromatic rings. The first-order valence-corrected chi connectivity index (χ1v) is 9.31. The van der Waals surface area contributed by atoms with Gasteiger partial charge in [-0.25, -0.2) is 9.07 Å². The highest BCUT2D eigenvalue weighted by Gasteiger charge is 2.20. The number of benzene rings is 2. The second kappa shape index (κ2) is 8.25. The number of carbonyl (C=O) groups excluding carboxylic acids is 1. The van der Waals surface area contributed by atoms with E-state index < -0.39 is 5.82 Å². The van der Waals surface area contributed by atoms with Crippen LogP contribution in [0.5, 0.6) is 0 Å². The molecule has 3 rings (SSSR count). The van der Waals surface area contributed by atoms with E-state index in [-0.39, 0.29) is 24.8 Å². The Bertz CT molecular complexity index is 980. The molecule has 0 aliphatic rings. The Morgan fingerprint density at radius 3 is 2.57 bits per heavy atom. The van der Waals surface area contributed by atoms with Crippen molar-refractivity contribution in [1.82, 2.24) is 15.1 Å². The monoisotopic (exact) mass is 380 g/mol. The summed E-state index contributed by atoms with van der Waals surface area (Å²) in [5.41, 5.74) is 10.6. The maximum Gasteiger partial charge on any atom is 0.224 e. The molecule has 2 aromatic carbocycles. The van der Waals surface area contributed by atoms with Crippen LogP contribution in [0.25, 0.3) is 5.69 Å². The van der Waals surface area contributed by atoms with E-state index in [0.717, 1.165) is 22.6 Å². The number of nitrogens with zero attached hydrogens (tertiary/aromatic N) is 2. The van der Waals surface area contributed by atoms with Crippen molar-refractivity contribution in [2.75, 3.05) is 5.73 Å². The highest BCUT2D eigenvalue weighted by molar-refractivity contribution is 5.79. The van der Waals surface area contributed by atoms with Gasteiger partial charge in [-0.2, -0.15) is 5.10 Å². The van der Waals surface area contributed by atoms with Gasteiger partial charge in [0.05, 0.1) is 17.8 Å². The lowest BCUT2D eigenvalue weighted by atomic mass is 10.0. The summed E-state index contributed by atoms with van der Waals surface area (Å²) in [6, 6.07) is 14.0. The molecule has 28 heavy (non-hydrogen) atoms. The van der Waals surface area contributed by atoms with E-state index in [0.29, 0.717) is 11.3 Å². The van der Waals surface area contributed by atoms with Crippen molar-refractivity contribution in [3.8, 4) is 5.69 Å². The Kier molecular flexibility index (Phi) is 5.78. The van der Waals surface area contributed by atoms with Gasteiger partial charge in [0.1, 0.15) is 5.82 Å². The molecule has 0 fully saturated rings. The van der Waals surface area contributed by atoms with Crippen LogP contribution < -0.4 is 11.1 Å². The molecule has 5 nitrogen and oxygen atoms in total. The standard InChI is InChI=1S/C22H25FN4O/c1-14(2)22-19(15(3)27(26-22)18-7-5-4-6-8-18)12-21(28)25-13-16-9-10-17(23)11-20(16)24/h4-11,14H,12-13,24H2,1-3H3,(H,25,28). The van der Waals surface area contributed by atoms with Gasteiger partial charge in [-0.15, -0.1) is 0 Å². The van der Waals surface area contributed by atoms with Gasteiger partial charge >= 0.3 is 0 Å². The zero-order valence-electron chi connectivity index (χ0n) is 16.4. The van der Waals surface area contributed by atoms with Crippen LogP contribution in [0.3, 0.4) is 0 Å². The molecule has 0 aliphatic carbocycles. The average Bonchev–Trinajstić information content (AvgIpc) is 2.98. The molecule has 1 aromatic heterocycles. The van der Waals surface area contributed by atoms with Gasteiger partial charge in [-0.05, 0) is 42.7 Å². The van der Waals surface area contributed by atoms with Crippen LogP contribution in [0.4, 0.5) is 10.1 Å². The Morgan fingerprint density at radius 1 is 1.21 bits per heavy atom. The minimum Gasteiger partial charge on any atom is -0.398 e. The first kappa shape index (κ1) is 19.6. The van der Waals surface area contributed by atoms with Crippen molar-refractivity contribution in [1.29, 1.82) is 0 Å². The summed E-state index contributed by atoms with van der Waals surface area (Å²) in [5, 5.41) is 7.62. The predicted molar refractivity (Wildman–Crippen MR) is 109 cm³/mol. The maximum absolute atomic E-state index is 13.2. The van der Waals surface area contributed by atoms with Gasteiger partial charge in [0.25, 0.3) is 0 Å². The first-order valence-electron chi connectivity index (χ1n) is 9.31. The van der Waals surface area contributed by atoms with Gasteiger partial charge in [-0.1, -0.05) is 38.1 Å². The fraction of sp³-hybridized carbons (Fsp3) is 0.273. The van der Waals surface area contributed by atoms with Crippen molar-refractivity contribution in [3.63, 3.8) is 0 Å². The number of rotatable bonds is 6. The fourth-order valence-electron chi connectivity index (χ4n) is 3.20. The molecule has 0 saturated carbocycles. The van der Waals surface area contributed by atoms with E-state index in [1.807, 2.05) is 41.9 Å². The molecule has 0 radical (unpaired) electrons. The lowest BCUT2D eigenvalue weighted by molar-refractivity contribution is -0.120. The van der Waals surface area contributed by atoms with E-state index in [1.54, 1.807) is 6.07 Å². The molecule has 6 heteroatoms. The Balaban J connectivity index is 1.79. The highest BCUT2D eigenvalue weighted by Crippen LogP contribution is 2.25. The quantitative estimate of drug-likeness (QED) is 0.637. The third kappa shape index (κ3) is 4.22. The summed E-state index contributed by atoms with van der Waals surface area (Å²) >= 11 is 0. The van der Waals surface area contributed by atoms with E-state index in [4.69, 9.17) is 10.8 Å². The number of nitrogens with two attached hydrogens (primary N) is 1. The number of halogens is 1. The molecule has 0 saturated heterocycles. The first-order chi connectivity index (χ1) is 13.4. The molecule has 3 N–H and O–H groups in total.